The van der Waals surface area contributed by atoms with Crippen molar-refractivity contribution >= 4 is 38.9 Å². The first-order valence-electron chi connectivity index (χ1n) is 10.8. The van der Waals surface area contributed by atoms with Crippen LogP contribution in [0.25, 0.3) is 0 Å². The number of benzene rings is 2. The number of hydrogen-bond donors (Lipinski definition) is 0. The van der Waals surface area contributed by atoms with Crippen LogP contribution in [-0.2, 0) is 28.7 Å². The van der Waals surface area contributed by atoms with E-state index in [4.69, 9.17) is 23.2 Å². The maximum absolute atomic E-state index is 13.3. The Balaban J connectivity index is 1.96. The van der Waals surface area contributed by atoms with Gasteiger partial charge in [0.2, 0.25) is 15.0 Å². The molecule has 0 N–H and O–H groups in total. The van der Waals surface area contributed by atoms with Crippen molar-refractivity contribution in [1.29, 1.82) is 0 Å². The molecule has 0 bridgehead atoms. The number of hydrogen-bond acceptors (Lipinski definition) is 4. The van der Waals surface area contributed by atoms with Crippen molar-refractivity contribution in [1.82, 2.24) is 14.5 Å². The van der Waals surface area contributed by atoms with Crippen molar-refractivity contribution in [2.24, 2.45) is 5.92 Å². The Kier molecular flexibility index (Phi) is 8.57. The smallest absolute Gasteiger partial charge is 0.254 e. The molecule has 0 radical (unpaired) electrons. The van der Waals surface area contributed by atoms with Crippen LogP contribution in [0.4, 0.5) is 0 Å². The second-order valence-electron chi connectivity index (χ2n) is 8.41. The molecule has 0 aliphatic rings. The zero-order valence-corrected chi connectivity index (χ0v) is 21.4. The summed E-state index contributed by atoms with van der Waals surface area (Å²) in [6.45, 7) is 8.64. The van der Waals surface area contributed by atoms with Crippen molar-refractivity contribution in [3.05, 3.63) is 94.2 Å². The average Bonchev–Trinajstić information content (AvgIpc) is 3.15. The van der Waals surface area contributed by atoms with Crippen LogP contribution in [-0.4, -0.2) is 35.3 Å². The number of nitrogens with zero attached hydrogens (tertiary/aromatic N) is 3. The van der Waals surface area contributed by atoms with E-state index in [1.54, 1.807) is 64.1 Å². The Labute approximate surface area is 210 Å². The fraction of sp³-hybridized carbons (Fsp3) is 0.280. The fourth-order valence-corrected chi connectivity index (χ4v) is 5.50. The zero-order valence-electron chi connectivity index (χ0n) is 19.1. The summed E-state index contributed by atoms with van der Waals surface area (Å²) in [7, 11) is -3.76. The first-order valence-corrected chi connectivity index (χ1v) is 13.2. The van der Waals surface area contributed by atoms with Gasteiger partial charge in [-0.05, 0) is 41.8 Å². The van der Waals surface area contributed by atoms with E-state index in [1.165, 1.54) is 6.20 Å². The number of imidazole rings is 1. The molecular formula is C25H27Cl2N3O3S. The lowest BCUT2D eigenvalue weighted by molar-refractivity contribution is 0.0758. The Morgan fingerprint density at radius 1 is 1.15 bits per heavy atom. The van der Waals surface area contributed by atoms with Crippen molar-refractivity contribution in [3.8, 4) is 0 Å². The summed E-state index contributed by atoms with van der Waals surface area (Å²) in [4.78, 5) is 19.0. The SMILES string of the molecule is C=CCN(Cc1cnc(S(=O)(=O)Cc2cccc(Cl)c2)n1CC(C)C)C(=O)c1cccc(Cl)c1. The predicted molar refractivity (Wildman–Crippen MR) is 136 cm³/mol. The monoisotopic (exact) mass is 519 g/mol. The largest absolute Gasteiger partial charge is 0.329 e. The van der Waals surface area contributed by atoms with E-state index in [-0.39, 0.29) is 35.8 Å². The normalized spacial score (nSPS) is 11.6. The number of sulfone groups is 1. The van der Waals surface area contributed by atoms with E-state index >= 15 is 0 Å². The molecule has 6 nitrogen and oxygen atoms in total. The van der Waals surface area contributed by atoms with Crippen LogP contribution >= 0.6 is 23.2 Å². The quantitative estimate of drug-likeness (QED) is 0.324. The molecule has 0 fully saturated rings. The minimum absolute atomic E-state index is 0.0232. The van der Waals surface area contributed by atoms with Crippen molar-refractivity contribution in [2.75, 3.05) is 6.54 Å². The first-order chi connectivity index (χ1) is 16.1. The van der Waals surface area contributed by atoms with Crippen LogP contribution in [0.2, 0.25) is 10.0 Å². The number of halogens is 2. The molecule has 0 spiro atoms. The average molecular weight is 520 g/mol. The molecule has 1 heterocycles. The Morgan fingerprint density at radius 2 is 1.82 bits per heavy atom. The minimum atomic E-state index is -3.76. The molecule has 0 saturated carbocycles. The van der Waals surface area contributed by atoms with Gasteiger partial charge in [-0.15, -0.1) is 6.58 Å². The third-order valence-corrected chi connectivity index (χ3v) is 7.10. The standard InChI is InChI=1S/C25H27Cl2N3O3S/c1-4-11-29(24(31)20-8-6-10-22(27)13-20)16-23-14-28-25(30(23)15-18(2)3)34(32,33)17-19-7-5-9-21(26)12-19/h4-10,12-14,18H,1,11,15-17H2,2-3H3. The number of aromatic nitrogens is 2. The number of carbonyl (C=O) groups is 1. The van der Waals surface area contributed by atoms with E-state index in [1.807, 2.05) is 13.8 Å². The van der Waals surface area contributed by atoms with Crippen LogP contribution in [0.5, 0.6) is 0 Å². The summed E-state index contributed by atoms with van der Waals surface area (Å²) >= 11 is 12.1. The number of amides is 1. The topological polar surface area (TPSA) is 72.3 Å². The number of carbonyl (C=O) groups excluding carboxylic acids is 1. The third-order valence-electron chi connectivity index (χ3n) is 5.03. The van der Waals surface area contributed by atoms with Gasteiger partial charge in [-0.25, -0.2) is 13.4 Å². The zero-order chi connectivity index (χ0) is 24.9. The summed E-state index contributed by atoms with van der Waals surface area (Å²) in [6, 6.07) is 13.5. The Bertz CT molecular complexity index is 1290. The third kappa shape index (κ3) is 6.50. The maximum Gasteiger partial charge on any atom is 0.254 e. The van der Waals surface area contributed by atoms with Crippen LogP contribution in [0.3, 0.4) is 0 Å². The molecule has 1 amide bonds. The van der Waals surface area contributed by atoms with Gasteiger partial charge < -0.3 is 9.47 Å². The highest BCUT2D eigenvalue weighted by molar-refractivity contribution is 7.90. The van der Waals surface area contributed by atoms with Gasteiger partial charge in [-0.1, -0.05) is 61.3 Å². The summed E-state index contributed by atoms with van der Waals surface area (Å²) in [5.41, 5.74) is 1.64. The lowest BCUT2D eigenvalue weighted by Gasteiger charge is -2.23. The van der Waals surface area contributed by atoms with Crippen molar-refractivity contribution < 1.29 is 13.2 Å². The Hall–Kier alpha value is -2.61. The van der Waals surface area contributed by atoms with Gasteiger partial charge in [0.25, 0.3) is 5.91 Å². The highest BCUT2D eigenvalue weighted by Gasteiger charge is 2.26. The van der Waals surface area contributed by atoms with Gasteiger partial charge in [0, 0.05) is 28.7 Å². The summed E-state index contributed by atoms with van der Waals surface area (Å²) in [5.74, 6) is -0.299. The van der Waals surface area contributed by atoms with E-state index in [9.17, 15) is 13.2 Å². The molecular weight excluding hydrogens is 493 g/mol. The van der Waals surface area contributed by atoms with Crippen LogP contribution in [0.15, 0.2) is 72.5 Å². The van der Waals surface area contributed by atoms with Crippen molar-refractivity contribution in [2.45, 2.75) is 37.8 Å². The minimum Gasteiger partial charge on any atom is -0.329 e. The molecule has 3 rings (SSSR count). The second-order valence-corrected chi connectivity index (χ2v) is 11.2. The molecule has 0 aliphatic heterocycles. The highest BCUT2D eigenvalue weighted by Crippen LogP contribution is 2.22. The molecule has 9 heteroatoms. The molecule has 0 atom stereocenters. The molecule has 180 valence electrons. The number of rotatable bonds is 10. The molecule has 2 aromatic carbocycles. The molecule has 3 aromatic rings. The van der Waals surface area contributed by atoms with Gasteiger partial charge in [0.05, 0.1) is 24.2 Å². The van der Waals surface area contributed by atoms with E-state index in [2.05, 4.69) is 11.6 Å². The van der Waals surface area contributed by atoms with Crippen LogP contribution < -0.4 is 0 Å². The molecule has 34 heavy (non-hydrogen) atoms. The van der Waals surface area contributed by atoms with Gasteiger partial charge >= 0.3 is 0 Å². The highest BCUT2D eigenvalue weighted by atomic mass is 35.5. The fourth-order valence-electron chi connectivity index (χ4n) is 3.61. The first kappa shape index (κ1) is 26.0. The summed E-state index contributed by atoms with van der Waals surface area (Å²) < 4.78 is 28.3. The van der Waals surface area contributed by atoms with Crippen LogP contribution in [0, 0.1) is 5.92 Å². The Morgan fingerprint density at radius 3 is 2.44 bits per heavy atom. The van der Waals surface area contributed by atoms with Gasteiger partial charge in [-0.2, -0.15) is 0 Å². The lowest BCUT2D eigenvalue weighted by atomic mass is 10.2. The van der Waals surface area contributed by atoms with Crippen LogP contribution in [0.1, 0.15) is 35.5 Å². The molecule has 0 unspecified atom stereocenters. The van der Waals surface area contributed by atoms with Gasteiger partial charge in [0.1, 0.15) is 0 Å². The second kappa shape index (κ2) is 11.2. The maximum atomic E-state index is 13.3. The summed E-state index contributed by atoms with van der Waals surface area (Å²) in [6.07, 6.45) is 3.15. The van der Waals surface area contributed by atoms with E-state index < -0.39 is 9.84 Å². The molecule has 0 saturated heterocycles. The summed E-state index contributed by atoms with van der Waals surface area (Å²) in [5, 5.41) is 0.909. The van der Waals surface area contributed by atoms with Gasteiger partial charge in [0.15, 0.2) is 0 Å². The van der Waals surface area contributed by atoms with E-state index in [0.29, 0.717) is 33.4 Å². The molecule has 1 aromatic heterocycles. The van der Waals surface area contributed by atoms with Crippen molar-refractivity contribution in [3.63, 3.8) is 0 Å². The van der Waals surface area contributed by atoms with Gasteiger partial charge in [-0.3, -0.25) is 4.79 Å². The predicted octanol–water partition coefficient (Wildman–Crippen LogP) is 5.65. The van der Waals surface area contributed by atoms with E-state index in [0.717, 1.165) is 0 Å². The molecule has 0 aliphatic carbocycles. The lowest BCUT2D eigenvalue weighted by Crippen LogP contribution is -2.32.